The van der Waals surface area contributed by atoms with Gasteiger partial charge in [-0.15, -0.1) is 12.8 Å². The molecule has 1 aliphatic rings. The fraction of sp³-hybridized carbons (Fsp3) is 0.407. The van der Waals surface area contributed by atoms with Crippen molar-refractivity contribution in [3.05, 3.63) is 63.5 Å². The van der Waals surface area contributed by atoms with Gasteiger partial charge in [-0.2, -0.15) is 0 Å². The Balaban J connectivity index is 0.00000205. The number of halogens is 3. The third-order valence-corrected chi connectivity index (χ3v) is 6.20. The van der Waals surface area contributed by atoms with E-state index in [1.807, 2.05) is 0 Å². The molecule has 9 nitrogen and oxygen atoms in total. The van der Waals surface area contributed by atoms with Crippen LogP contribution in [0.5, 0.6) is 0 Å². The summed E-state index contributed by atoms with van der Waals surface area (Å²) in [4.78, 5) is 35.4. The third kappa shape index (κ3) is 6.15. The van der Waals surface area contributed by atoms with Crippen molar-refractivity contribution in [2.75, 3.05) is 18.4 Å². The Kier molecular flexibility index (Phi) is 8.55. The van der Waals surface area contributed by atoms with Crippen LogP contribution in [-0.4, -0.2) is 49.3 Å². The molecule has 0 spiro atoms. The Bertz CT molecular complexity index is 1450. The Hall–Kier alpha value is -4.11. The van der Waals surface area contributed by atoms with Crippen molar-refractivity contribution in [2.45, 2.75) is 51.4 Å². The van der Waals surface area contributed by atoms with Crippen molar-refractivity contribution in [2.24, 2.45) is 7.05 Å². The summed E-state index contributed by atoms with van der Waals surface area (Å²) < 4.78 is 47.3. The second-order valence-corrected chi connectivity index (χ2v) is 10.0. The largest absolute Gasteiger partial charge is 0.444 e. The van der Waals surface area contributed by atoms with Gasteiger partial charge in [0.15, 0.2) is 0 Å². The summed E-state index contributed by atoms with van der Waals surface area (Å²) >= 11 is 0. The van der Waals surface area contributed by atoms with Crippen molar-refractivity contribution in [3.8, 4) is 12.8 Å². The molecule has 1 saturated heterocycles. The first-order valence-electron chi connectivity index (χ1n) is 12.0. The number of hydrogen-bond acceptors (Lipinski definition) is 7. The summed E-state index contributed by atoms with van der Waals surface area (Å²) in [5.74, 6) is -0.798. The molecule has 1 fully saturated rings. The molecule has 1 atom stereocenters. The van der Waals surface area contributed by atoms with Crippen LogP contribution in [0.3, 0.4) is 0 Å². The topological polar surface area (TPSA) is 110 Å². The SMILES string of the molecule is C#C.Cn1c(=O)c(C2(O)CCN(C(=O)OC(C)(C)C)C2)cc2c(NCc3cccc(C(F)F)c3F)ncnc21. The van der Waals surface area contributed by atoms with Crippen LogP contribution < -0.4 is 10.9 Å². The van der Waals surface area contributed by atoms with Gasteiger partial charge in [-0.1, -0.05) is 18.2 Å². The van der Waals surface area contributed by atoms with E-state index in [4.69, 9.17) is 4.74 Å². The minimum Gasteiger partial charge on any atom is -0.444 e. The first-order chi connectivity index (χ1) is 18.3. The average Bonchev–Trinajstić information content (AvgIpc) is 3.29. The number of amides is 1. The zero-order chi connectivity index (χ0) is 29.1. The summed E-state index contributed by atoms with van der Waals surface area (Å²) in [5, 5.41) is 14.7. The molecule has 1 amide bonds. The van der Waals surface area contributed by atoms with E-state index in [0.29, 0.717) is 5.39 Å². The monoisotopic (exact) mass is 545 g/mol. The number of nitrogens with zero attached hydrogens (tertiary/aromatic N) is 4. The summed E-state index contributed by atoms with van der Waals surface area (Å²) in [6.07, 6.45) is 5.77. The van der Waals surface area contributed by atoms with E-state index in [0.717, 1.165) is 6.07 Å². The van der Waals surface area contributed by atoms with E-state index in [-0.39, 0.29) is 48.6 Å². The molecule has 0 aliphatic carbocycles. The van der Waals surface area contributed by atoms with Crippen LogP contribution in [0.25, 0.3) is 11.0 Å². The van der Waals surface area contributed by atoms with Crippen molar-refractivity contribution in [1.82, 2.24) is 19.4 Å². The normalized spacial score (nSPS) is 17.2. The van der Waals surface area contributed by atoms with Crippen LogP contribution >= 0.6 is 0 Å². The number of aryl methyl sites for hydroxylation is 1. The van der Waals surface area contributed by atoms with Gasteiger partial charge in [0.1, 0.15) is 34.8 Å². The molecule has 1 aromatic carbocycles. The van der Waals surface area contributed by atoms with E-state index in [9.17, 15) is 27.9 Å². The number of β-amino-alcohol motifs (C(OH)–C–C–N with tert-alkyl or cyclic N) is 1. The molecule has 0 radical (unpaired) electrons. The number of anilines is 1. The van der Waals surface area contributed by atoms with Crippen molar-refractivity contribution < 1.29 is 27.8 Å². The fourth-order valence-electron chi connectivity index (χ4n) is 4.32. The minimum absolute atomic E-state index is 0.0111. The van der Waals surface area contributed by atoms with Gasteiger partial charge < -0.3 is 20.1 Å². The standard InChI is InChI=1S/C25H28F3N5O4.C2H2/c1-24(2,3)37-23(35)33-9-8-25(36,12-33)17-10-16-20(30-13-31-21(16)32(4)22(17)34)29-11-14-6-5-7-15(18(14)26)19(27)28;1-2/h5-7,10,13,19,36H,8-9,11-12H2,1-4H3,(H,29,30,31);1-2H. The molecule has 208 valence electrons. The number of likely N-dealkylation sites (tertiary alicyclic amines) is 1. The molecule has 0 saturated carbocycles. The van der Waals surface area contributed by atoms with Crippen molar-refractivity contribution >= 4 is 22.9 Å². The molecule has 3 heterocycles. The van der Waals surface area contributed by atoms with E-state index in [1.165, 1.54) is 41.0 Å². The van der Waals surface area contributed by atoms with Crippen LogP contribution in [0.15, 0.2) is 35.4 Å². The van der Waals surface area contributed by atoms with Crippen LogP contribution in [0, 0.1) is 18.7 Å². The van der Waals surface area contributed by atoms with Gasteiger partial charge in [0.05, 0.1) is 23.1 Å². The highest BCUT2D eigenvalue weighted by molar-refractivity contribution is 5.87. The van der Waals surface area contributed by atoms with Crippen LogP contribution in [-0.2, 0) is 23.9 Å². The van der Waals surface area contributed by atoms with Gasteiger partial charge in [0.25, 0.3) is 12.0 Å². The Morgan fingerprint density at radius 2 is 1.97 bits per heavy atom. The number of rotatable bonds is 5. The number of hydrogen-bond donors (Lipinski definition) is 2. The zero-order valence-corrected chi connectivity index (χ0v) is 22.0. The predicted molar refractivity (Wildman–Crippen MR) is 140 cm³/mol. The van der Waals surface area contributed by atoms with E-state index in [1.54, 1.807) is 20.8 Å². The number of pyridine rings is 1. The van der Waals surface area contributed by atoms with Crippen LogP contribution in [0.1, 0.15) is 50.3 Å². The lowest BCUT2D eigenvalue weighted by Crippen LogP contribution is -2.41. The number of terminal acetylenes is 1. The summed E-state index contributed by atoms with van der Waals surface area (Å²) in [6, 6.07) is 5.19. The molecule has 4 rings (SSSR count). The molecule has 12 heteroatoms. The lowest BCUT2D eigenvalue weighted by molar-refractivity contribution is 0.0135. The number of alkyl halides is 2. The third-order valence-electron chi connectivity index (χ3n) is 6.20. The molecule has 39 heavy (non-hydrogen) atoms. The highest BCUT2D eigenvalue weighted by atomic mass is 19.3. The maximum atomic E-state index is 14.5. The quantitative estimate of drug-likeness (QED) is 0.465. The van der Waals surface area contributed by atoms with E-state index in [2.05, 4.69) is 28.1 Å². The lowest BCUT2D eigenvalue weighted by Gasteiger charge is -2.26. The van der Waals surface area contributed by atoms with Gasteiger partial charge in [-0.25, -0.2) is 27.9 Å². The molecule has 3 aromatic rings. The number of ether oxygens (including phenoxy) is 1. The second-order valence-electron chi connectivity index (χ2n) is 10.0. The summed E-state index contributed by atoms with van der Waals surface area (Å²) in [7, 11) is 1.49. The Labute approximate surface area is 223 Å². The molecule has 2 aromatic heterocycles. The number of carbonyl (C=O) groups is 1. The molecule has 0 bridgehead atoms. The number of carbonyl (C=O) groups excluding carboxylic acids is 1. The zero-order valence-electron chi connectivity index (χ0n) is 22.0. The predicted octanol–water partition coefficient (Wildman–Crippen LogP) is 4.10. The van der Waals surface area contributed by atoms with Gasteiger partial charge in [0, 0.05) is 32.1 Å². The van der Waals surface area contributed by atoms with Gasteiger partial charge in [-0.05, 0) is 26.8 Å². The van der Waals surface area contributed by atoms with E-state index >= 15 is 0 Å². The smallest absolute Gasteiger partial charge is 0.410 e. The Morgan fingerprint density at radius 3 is 2.62 bits per heavy atom. The highest BCUT2D eigenvalue weighted by Crippen LogP contribution is 2.33. The molecular formula is C27H30F3N5O4. The first-order valence-corrected chi connectivity index (χ1v) is 12.0. The average molecular weight is 546 g/mol. The summed E-state index contributed by atoms with van der Waals surface area (Å²) in [5.41, 5.74) is -3.27. The number of aromatic nitrogens is 3. The van der Waals surface area contributed by atoms with Crippen molar-refractivity contribution in [1.29, 1.82) is 0 Å². The fourth-order valence-corrected chi connectivity index (χ4v) is 4.32. The van der Waals surface area contributed by atoms with Crippen molar-refractivity contribution in [3.63, 3.8) is 0 Å². The molecular weight excluding hydrogens is 515 g/mol. The van der Waals surface area contributed by atoms with Crippen LogP contribution in [0.2, 0.25) is 0 Å². The number of aliphatic hydroxyl groups is 1. The van der Waals surface area contributed by atoms with Gasteiger partial charge in [-0.3, -0.25) is 9.36 Å². The lowest BCUT2D eigenvalue weighted by atomic mass is 9.93. The van der Waals surface area contributed by atoms with Gasteiger partial charge in [0.2, 0.25) is 0 Å². The molecule has 1 aliphatic heterocycles. The molecule has 1 unspecified atom stereocenters. The maximum absolute atomic E-state index is 14.5. The number of benzene rings is 1. The first kappa shape index (κ1) is 29.4. The molecule has 2 N–H and O–H groups in total. The van der Waals surface area contributed by atoms with E-state index < -0.39 is 40.7 Å². The number of fused-ring (bicyclic) bond motifs is 1. The van der Waals surface area contributed by atoms with Crippen LogP contribution in [0.4, 0.5) is 23.8 Å². The maximum Gasteiger partial charge on any atom is 0.410 e. The minimum atomic E-state index is -2.95. The summed E-state index contributed by atoms with van der Waals surface area (Å²) in [6.45, 7) is 5.07. The second kappa shape index (κ2) is 11.3. The highest BCUT2D eigenvalue weighted by Gasteiger charge is 2.43. The Morgan fingerprint density at radius 1 is 1.28 bits per heavy atom. The number of nitrogens with one attached hydrogen (secondary N) is 1. The van der Waals surface area contributed by atoms with Gasteiger partial charge >= 0.3 is 6.09 Å².